The highest BCUT2D eigenvalue weighted by molar-refractivity contribution is 5.79. The van der Waals surface area contributed by atoms with E-state index in [2.05, 4.69) is 5.32 Å². The Bertz CT molecular complexity index is 402. The van der Waals surface area contributed by atoms with Crippen LogP contribution >= 0.6 is 0 Å². The SMILES string of the molecule is Cc1ccc(CC(=O)N2CCNCC2CN)cc1. The molecule has 1 unspecified atom stereocenters. The summed E-state index contributed by atoms with van der Waals surface area (Å²) in [7, 11) is 0. The van der Waals surface area contributed by atoms with Crippen LogP contribution in [-0.4, -0.2) is 43.0 Å². The molecule has 0 aliphatic carbocycles. The highest BCUT2D eigenvalue weighted by Crippen LogP contribution is 2.09. The lowest BCUT2D eigenvalue weighted by molar-refractivity contribution is -0.133. The van der Waals surface area contributed by atoms with Crippen LogP contribution in [0.5, 0.6) is 0 Å². The van der Waals surface area contributed by atoms with Crippen molar-refractivity contribution >= 4 is 5.91 Å². The lowest BCUT2D eigenvalue weighted by Crippen LogP contribution is -2.56. The first-order chi connectivity index (χ1) is 8.70. The third-order valence-corrected chi connectivity index (χ3v) is 3.42. The van der Waals surface area contributed by atoms with Crippen LogP contribution in [0.4, 0.5) is 0 Å². The Kier molecular flexibility index (Phi) is 4.33. The molecule has 3 N–H and O–H groups in total. The molecule has 1 aromatic rings. The maximum absolute atomic E-state index is 12.3. The van der Waals surface area contributed by atoms with Gasteiger partial charge in [0.2, 0.25) is 5.91 Å². The zero-order chi connectivity index (χ0) is 13.0. The van der Waals surface area contributed by atoms with Crippen molar-refractivity contribution < 1.29 is 4.79 Å². The summed E-state index contributed by atoms with van der Waals surface area (Å²) in [5.74, 6) is 0.177. The van der Waals surface area contributed by atoms with Crippen molar-refractivity contribution in [3.05, 3.63) is 35.4 Å². The zero-order valence-corrected chi connectivity index (χ0v) is 10.9. The molecular weight excluding hydrogens is 226 g/mol. The second kappa shape index (κ2) is 5.98. The average molecular weight is 247 g/mol. The molecule has 18 heavy (non-hydrogen) atoms. The number of carbonyl (C=O) groups is 1. The third kappa shape index (κ3) is 3.09. The second-order valence-corrected chi connectivity index (χ2v) is 4.84. The lowest BCUT2D eigenvalue weighted by Gasteiger charge is -2.35. The fraction of sp³-hybridized carbons (Fsp3) is 0.500. The summed E-state index contributed by atoms with van der Waals surface area (Å²) in [6.07, 6.45) is 0.469. The van der Waals surface area contributed by atoms with Crippen LogP contribution in [0.2, 0.25) is 0 Å². The van der Waals surface area contributed by atoms with Gasteiger partial charge in [0.05, 0.1) is 12.5 Å². The molecule has 1 aromatic carbocycles. The van der Waals surface area contributed by atoms with E-state index in [4.69, 9.17) is 5.73 Å². The molecule has 1 fully saturated rings. The Morgan fingerprint density at radius 3 is 2.83 bits per heavy atom. The van der Waals surface area contributed by atoms with E-state index in [-0.39, 0.29) is 11.9 Å². The summed E-state index contributed by atoms with van der Waals surface area (Å²) >= 11 is 0. The van der Waals surface area contributed by atoms with E-state index in [0.29, 0.717) is 13.0 Å². The van der Waals surface area contributed by atoms with Crippen molar-refractivity contribution in [3.8, 4) is 0 Å². The van der Waals surface area contributed by atoms with Gasteiger partial charge in [0.15, 0.2) is 0 Å². The molecule has 0 aromatic heterocycles. The Morgan fingerprint density at radius 1 is 1.44 bits per heavy atom. The molecule has 1 amide bonds. The van der Waals surface area contributed by atoms with Crippen LogP contribution in [-0.2, 0) is 11.2 Å². The molecule has 4 heteroatoms. The van der Waals surface area contributed by atoms with Gasteiger partial charge in [-0.05, 0) is 12.5 Å². The number of hydrogen-bond acceptors (Lipinski definition) is 3. The van der Waals surface area contributed by atoms with E-state index in [1.54, 1.807) is 0 Å². The quantitative estimate of drug-likeness (QED) is 0.807. The van der Waals surface area contributed by atoms with E-state index in [9.17, 15) is 4.79 Å². The Labute approximate surface area is 108 Å². The Hall–Kier alpha value is -1.39. The first kappa shape index (κ1) is 13.1. The number of nitrogens with one attached hydrogen (secondary N) is 1. The molecule has 1 saturated heterocycles. The molecule has 4 nitrogen and oxygen atoms in total. The monoisotopic (exact) mass is 247 g/mol. The van der Waals surface area contributed by atoms with Gasteiger partial charge in [0.25, 0.3) is 0 Å². The number of piperazine rings is 1. The van der Waals surface area contributed by atoms with Gasteiger partial charge >= 0.3 is 0 Å². The minimum absolute atomic E-state index is 0.136. The second-order valence-electron chi connectivity index (χ2n) is 4.84. The molecule has 0 spiro atoms. The average Bonchev–Trinajstić information content (AvgIpc) is 2.41. The van der Waals surface area contributed by atoms with Crippen LogP contribution in [0.15, 0.2) is 24.3 Å². The topological polar surface area (TPSA) is 58.4 Å². The first-order valence-corrected chi connectivity index (χ1v) is 6.46. The van der Waals surface area contributed by atoms with Gasteiger partial charge in [-0.25, -0.2) is 0 Å². The van der Waals surface area contributed by atoms with Gasteiger partial charge in [-0.3, -0.25) is 4.79 Å². The van der Waals surface area contributed by atoms with Crippen molar-refractivity contribution in [2.75, 3.05) is 26.2 Å². The number of rotatable bonds is 3. The molecule has 1 atom stereocenters. The number of benzene rings is 1. The summed E-state index contributed by atoms with van der Waals surface area (Å²) in [5.41, 5.74) is 8.00. The van der Waals surface area contributed by atoms with Crippen LogP contribution in [0.25, 0.3) is 0 Å². The number of nitrogens with two attached hydrogens (primary N) is 1. The summed E-state index contributed by atoms with van der Waals surface area (Å²) in [6.45, 7) is 4.98. The van der Waals surface area contributed by atoms with Crippen LogP contribution in [0.1, 0.15) is 11.1 Å². The van der Waals surface area contributed by atoms with E-state index >= 15 is 0 Å². The molecule has 0 saturated carbocycles. The highest BCUT2D eigenvalue weighted by atomic mass is 16.2. The maximum atomic E-state index is 12.3. The first-order valence-electron chi connectivity index (χ1n) is 6.46. The fourth-order valence-electron chi connectivity index (χ4n) is 2.28. The van der Waals surface area contributed by atoms with Gasteiger partial charge in [0, 0.05) is 26.2 Å². The number of hydrogen-bond donors (Lipinski definition) is 2. The third-order valence-electron chi connectivity index (χ3n) is 3.42. The molecule has 1 aliphatic heterocycles. The predicted octanol–water partition coefficient (Wildman–Crippen LogP) is 0.297. The lowest BCUT2D eigenvalue weighted by atomic mass is 10.1. The summed E-state index contributed by atoms with van der Waals surface area (Å²) < 4.78 is 0. The number of amides is 1. The van der Waals surface area contributed by atoms with Crippen molar-refractivity contribution in [1.29, 1.82) is 0 Å². The van der Waals surface area contributed by atoms with E-state index in [1.807, 2.05) is 36.1 Å². The Balaban J connectivity index is 2.00. The van der Waals surface area contributed by atoms with Crippen molar-refractivity contribution in [3.63, 3.8) is 0 Å². The minimum atomic E-state index is 0.136. The number of nitrogens with zero attached hydrogens (tertiary/aromatic N) is 1. The smallest absolute Gasteiger partial charge is 0.227 e. The molecule has 1 heterocycles. The summed E-state index contributed by atoms with van der Waals surface area (Å²) in [4.78, 5) is 14.2. The number of aryl methyl sites for hydroxylation is 1. The Morgan fingerprint density at radius 2 is 2.17 bits per heavy atom. The summed E-state index contributed by atoms with van der Waals surface area (Å²) in [5, 5.41) is 3.27. The van der Waals surface area contributed by atoms with E-state index in [1.165, 1.54) is 5.56 Å². The standard InChI is InChI=1S/C14H21N3O/c1-11-2-4-12(5-3-11)8-14(18)17-7-6-16-10-13(17)9-15/h2-5,13,16H,6-10,15H2,1H3. The van der Waals surface area contributed by atoms with Gasteiger partial charge in [-0.1, -0.05) is 29.8 Å². The fourth-order valence-corrected chi connectivity index (χ4v) is 2.28. The van der Waals surface area contributed by atoms with E-state index < -0.39 is 0 Å². The van der Waals surface area contributed by atoms with Gasteiger partial charge in [-0.15, -0.1) is 0 Å². The molecular formula is C14H21N3O. The van der Waals surface area contributed by atoms with Crippen molar-refractivity contribution in [2.45, 2.75) is 19.4 Å². The van der Waals surface area contributed by atoms with Crippen molar-refractivity contribution in [1.82, 2.24) is 10.2 Å². The maximum Gasteiger partial charge on any atom is 0.227 e. The predicted molar refractivity (Wildman–Crippen MR) is 72.3 cm³/mol. The van der Waals surface area contributed by atoms with Gasteiger partial charge < -0.3 is 16.0 Å². The molecule has 0 radical (unpaired) electrons. The molecule has 2 rings (SSSR count). The zero-order valence-electron chi connectivity index (χ0n) is 10.9. The van der Waals surface area contributed by atoms with Crippen LogP contribution < -0.4 is 11.1 Å². The molecule has 1 aliphatic rings. The van der Waals surface area contributed by atoms with Crippen LogP contribution in [0.3, 0.4) is 0 Å². The number of carbonyl (C=O) groups excluding carboxylic acids is 1. The van der Waals surface area contributed by atoms with Gasteiger partial charge in [0.1, 0.15) is 0 Å². The van der Waals surface area contributed by atoms with Gasteiger partial charge in [-0.2, -0.15) is 0 Å². The largest absolute Gasteiger partial charge is 0.336 e. The molecule has 98 valence electrons. The summed E-state index contributed by atoms with van der Waals surface area (Å²) in [6, 6.07) is 8.26. The minimum Gasteiger partial charge on any atom is -0.336 e. The molecule has 0 bridgehead atoms. The van der Waals surface area contributed by atoms with Crippen molar-refractivity contribution in [2.24, 2.45) is 5.73 Å². The van der Waals surface area contributed by atoms with E-state index in [0.717, 1.165) is 25.2 Å². The van der Waals surface area contributed by atoms with Crippen LogP contribution in [0, 0.1) is 6.92 Å². The highest BCUT2D eigenvalue weighted by Gasteiger charge is 2.25. The normalized spacial score (nSPS) is 19.9.